The van der Waals surface area contributed by atoms with Crippen LogP contribution < -0.4 is 0 Å². The lowest BCUT2D eigenvalue weighted by Gasteiger charge is -2.08. The van der Waals surface area contributed by atoms with Gasteiger partial charge in [0.1, 0.15) is 0 Å². The second-order valence-electron chi connectivity index (χ2n) is 3.72. The van der Waals surface area contributed by atoms with E-state index in [-0.39, 0.29) is 5.38 Å². The number of alkyl halides is 1. The molecule has 0 aliphatic rings. The van der Waals surface area contributed by atoms with E-state index in [9.17, 15) is 0 Å². The van der Waals surface area contributed by atoms with Gasteiger partial charge in [0.05, 0.1) is 10.4 Å². The molecule has 84 valence electrons. The minimum atomic E-state index is -0.0280. The zero-order valence-electron chi connectivity index (χ0n) is 9.27. The third kappa shape index (κ3) is 2.60. The third-order valence-corrected chi connectivity index (χ3v) is 3.98. The standard InChI is InChI=1S/C12H13ClN2S/c1-8-4-3-5-14-11(8)6-10(13)12-7-15-9(2)16-12/h3-5,7,10H,6H2,1-2H3. The summed E-state index contributed by atoms with van der Waals surface area (Å²) in [5.41, 5.74) is 2.25. The van der Waals surface area contributed by atoms with Gasteiger partial charge < -0.3 is 0 Å². The van der Waals surface area contributed by atoms with E-state index in [2.05, 4.69) is 23.0 Å². The van der Waals surface area contributed by atoms with Gasteiger partial charge >= 0.3 is 0 Å². The van der Waals surface area contributed by atoms with Crippen molar-refractivity contribution in [3.63, 3.8) is 0 Å². The largest absolute Gasteiger partial charge is 0.261 e. The lowest BCUT2D eigenvalue weighted by molar-refractivity contribution is 0.881. The number of aromatic nitrogens is 2. The van der Waals surface area contributed by atoms with Crippen molar-refractivity contribution in [3.05, 3.63) is 45.7 Å². The van der Waals surface area contributed by atoms with E-state index in [1.807, 2.05) is 25.4 Å². The highest BCUT2D eigenvalue weighted by Crippen LogP contribution is 2.29. The molecule has 0 spiro atoms. The monoisotopic (exact) mass is 252 g/mol. The van der Waals surface area contributed by atoms with E-state index in [1.165, 1.54) is 5.56 Å². The zero-order valence-corrected chi connectivity index (χ0v) is 10.8. The van der Waals surface area contributed by atoms with Gasteiger partial charge in [-0.15, -0.1) is 22.9 Å². The first-order chi connectivity index (χ1) is 7.66. The summed E-state index contributed by atoms with van der Waals surface area (Å²) in [6, 6.07) is 4.00. The van der Waals surface area contributed by atoms with E-state index in [1.54, 1.807) is 11.3 Å². The quantitative estimate of drug-likeness (QED) is 0.779. The Morgan fingerprint density at radius 3 is 2.81 bits per heavy atom. The van der Waals surface area contributed by atoms with Crippen LogP contribution in [-0.4, -0.2) is 9.97 Å². The molecule has 0 fully saturated rings. The molecule has 16 heavy (non-hydrogen) atoms. The van der Waals surface area contributed by atoms with Crippen LogP contribution in [0.5, 0.6) is 0 Å². The molecule has 0 N–H and O–H groups in total. The molecule has 0 aromatic carbocycles. The predicted octanol–water partition coefficient (Wildman–Crippen LogP) is 3.68. The molecule has 0 bridgehead atoms. The third-order valence-electron chi connectivity index (χ3n) is 2.44. The zero-order chi connectivity index (χ0) is 11.5. The highest BCUT2D eigenvalue weighted by atomic mass is 35.5. The molecule has 0 aliphatic carbocycles. The molecule has 0 amide bonds. The van der Waals surface area contributed by atoms with Crippen LogP contribution in [0, 0.1) is 13.8 Å². The Bertz CT molecular complexity index is 481. The Hall–Kier alpha value is -0.930. The van der Waals surface area contributed by atoms with Gasteiger partial charge in [-0.3, -0.25) is 4.98 Å². The molecule has 0 saturated carbocycles. The highest BCUT2D eigenvalue weighted by molar-refractivity contribution is 7.11. The van der Waals surface area contributed by atoms with Crippen molar-refractivity contribution in [2.75, 3.05) is 0 Å². The normalized spacial score (nSPS) is 12.7. The first-order valence-electron chi connectivity index (χ1n) is 5.13. The lowest BCUT2D eigenvalue weighted by atomic mass is 10.1. The molecule has 0 saturated heterocycles. The summed E-state index contributed by atoms with van der Waals surface area (Å²) in [5.74, 6) is 0. The summed E-state index contributed by atoms with van der Waals surface area (Å²) in [5, 5.41) is 1.03. The van der Waals surface area contributed by atoms with Crippen molar-refractivity contribution in [2.45, 2.75) is 25.6 Å². The maximum atomic E-state index is 6.36. The molecule has 2 heterocycles. The van der Waals surface area contributed by atoms with Gasteiger partial charge in [0.15, 0.2) is 0 Å². The van der Waals surface area contributed by atoms with Crippen LogP contribution in [0.3, 0.4) is 0 Å². The summed E-state index contributed by atoms with van der Waals surface area (Å²) in [6.45, 7) is 4.05. The van der Waals surface area contributed by atoms with Crippen molar-refractivity contribution in [2.24, 2.45) is 0 Å². The van der Waals surface area contributed by atoms with Crippen molar-refractivity contribution in [3.8, 4) is 0 Å². The summed E-state index contributed by atoms with van der Waals surface area (Å²) >= 11 is 8.01. The fraction of sp³-hybridized carbons (Fsp3) is 0.333. The van der Waals surface area contributed by atoms with Gasteiger partial charge in [-0.25, -0.2) is 4.98 Å². The molecule has 2 aromatic heterocycles. The minimum absolute atomic E-state index is 0.0280. The van der Waals surface area contributed by atoms with Crippen LogP contribution in [0.25, 0.3) is 0 Å². The molecule has 2 aromatic rings. The number of thiazole rings is 1. The van der Waals surface area contributed by atoms with Crippen LogP contribution >= 0.6 is 22.9 Å². The summed E-state index contributed by atoms with van der Waals surface area (Å²) < 4.78 is 0. The van der Waals surface area contributed by atoms with Crippen LogP contribution in [0.15, 0.2) is 24.5 Å². The Kier molecular flexibility index (Phi) is 3.56. The smallest absolute Gasteiger partial charge is 0.0897 e. The van der Waals surface area contributed by atoms with Crippen molar-refractivity contribution >= 4 is 22.9 Å². The van der Waals surface area contributed by atoms with Crippen LogP contribution in [0.2, 0.25) is 0 Å². The number of hydrogen-bond acceptors (Lipinski definition) is 3. The van der Waals surface area contributed by atoms with E-state index in [4.69, 9.17) is 11.6 Å². The van der Waals surface area contributed by atoms with Crippen molar-refractivity contribution in [1.29, 1.82) is 0 Å². The molecule has 1 atom stereocenters. The fourth-order valence-corrected chi connectivity index (χ4v) is 2.62. The highest BCUT2D eigenvalue weighted by Gasteiger charge is 2.13. The average Bonchev–Trinajstić information content (AvgIpc) is 2.68. The van der Waals surface area contributed by atoms with Gasteiger partial charge in [-0.1, -0.05) is 6.07 Å². The van der Waals surface area contributed by atoms with Crippen molar-refractivity contribution < 1.29 is 0 Å². The topological polar surface area (TPSA) is 25.8 Å². The van der Waals surface area contributed by atoms with Gasteiger partial charge in [0.2, 0.25) is 0 Å². The molecule has 1 unspecified atom stereocenters. The average molecular weight is 253 g/mol. The summed E-state index contributed by atoms with van der Waals surface area (Å²) in [4.78, 5) is 9.68. The number of aryl methyl sites for hydroxylation is 2. The number of nitrogens with zero attached hydrogens (tertiary/aromatic N) is 2. The van der Waals surface area contributed by atoms with E-state index in [0.717, 1.165) is 22.0 Å². The molecular formula is C12H13ClN2S. The van der Waals surface area contributed by atoms with Gasteiger partial charge in [0, 0.05) is 29.4 Å². The molecule has 2 rings (SSSR count). The maximum Gasteiger partial charge on any atom is 0.0897 e. The van der Waals surface area contributed by atoms with Crippen LogP contribution in [0.4, 0.5) is 0 Å². The van der Waals surface area contributed by atoms with Gasteiger partial charge in [0.25, 0.3) is 0 Å². The second-order valence-corrected chi connectivity index (χ2v) is 5.51. The summed E-state index contributed by atoms with van der Waals surface area (Å²) in [7, 11) is 0. The number of hydrogen-bond donors (Lipinski definition) is 0. The Morgan fingerprint density at radius 2 is 2.19 bits per heavy atom. The van der Waals surface area contributed by atoms with Gasteiger partial charge in [-0.05, 0) is 25.5 Å². The van der Waals surface area contributed by atoms with Crippen LogP contribution in [0.1, 0.15) is 26.5 Å². The van der Waals surface area contributed by atoms with E-state index >= 15 is 0 Å². The van der Waals surface area contributed by atoms with E-state index in [0.29, 0.717) is 0 Å². The first kappa shape index (κ1) is 11.6. The minimum Gasteiger partial charge on any atom is -0.261 e. The number of halogens is 1. The van der Waals surface area contributed by atoms with Gasteiger partial charge in [-0.2, -0.15) is 0 Å². The fourth-order valence-electron chi connectivity index (χ4n) is 1.53. The summed E-state index contributed by atoms with van der Waals surface area (Å²) in [6.07, 6.45) is 4.43. The molecule has 0 radical (unpaired) electrons. The molecule has 4 heteroatoms. The second kappa shape index (κ2) is 4.93. The number of pyridine rings is 1. The lowest BCUT2D eigenvalue weighted by Crippen LogP contribution is -1.98. The predicted molar refractivity (Wildman–Crippen MR) is 68.1 cm³/mol. The van der Waals surface area contributed by atoms with E-state index < -0.39 is 0 Å². The maximum absolute atomic E-state index is 6.36. The molecule has 0 aliphatic heterocycles. The van der Waals surface area contributed by atoms with Crippen LogP contribution in [-0.2, 0) is 6.42 Å². The molecular weight excluding hydrogens is 240 g/mol. The SMILES string of the molecule is Cc1ncc(C(Cl)Cc2ncccc2C)s1. The number of rotatable bonds is 3. The Balaban J connectivity index is 2.13. The first-order valence-corrected chi connectivity index (χ1v) is 6.39. The Morgan fingerprint density at radius 1 is 1.38 bits per heavy atom. The van der Waals surface area contributed by atoms with Crippen molar-refractivity contribution in [1.82, 2.24) is 9.97 Å². The molecule has 2 nitrogen and oxygen atoms in total. The Labute approximate surface area is 104 Å².